The molecule has 0 fully saturated rings. The van der Waals surface area contributed by atoms with E-state index in [0.717, 1.165) is 11.1 Å². The summed E-state index contributed by atoms with van der Waals surface area (Å²) in [5.41, 5.74) is 4.26. The molecule has 1 aromatic rings. The number of carbonyl (C=O) groups excluding carboxylic acids is 1. The molecule has 0 bridgehead atoms. The van der Waals surface area contributed by atoms with E-state index >= 15 is 0 Å². The van der Waals surface area contributed by atoms with Gasteiger partial charge in [-0.15, -0.1) is 0 Å². The first-order valence-electron chi connectivity index (χ1n) is 5.08. The zero-order valence-electron chi connectivity index (χ0n) is 8.23. The first-order chi connectivity index (χ1) is 7.36. The third-order valence-electron chi connectivity index (χ3n) is 2.87. The van der Waals surface area contributed by atoms with Gasteiger partial charge in [-0.2, -0.15) is 0 Å². The van der Waals surface area contributed by atoms with Gasteiger partial charge in [0.1, 0.15) is 0 Å². The molecule has 0 unspecified atom stereocenters. The van der Waals surface area contributed by atoms with Crippen molar-refractivity contribution in [2.24, 2.45) is 0 Å². The molecule has 0 N–H and O–H groups in total. The van der Waals surface area contributed by atoms with E-state index in [2.05, 4.69) is 12.2 Å². The van der Waals surface area contributed by atoms with Gasteiger partial charge in [0.15, 0.2) is 5.78 Å². The lowest BCUT2D eigenvalue weighted by molar-refractivity contribution is 0.0996. The molecule has 0 heterocycles. The average Bonchev–Trinajstić information content (AvgIpc) is 2.69. The maximum atomic E-state index is 11.8. The van der Waals surface area contributed by atoms with Crippen LogP contribution in [0.4, 0.5) is 0 Å². The number of benzene rings is 1. The largest absolute Gasteiger partial charge is 0.294 e. The highest BCUT2D eigenvalue weighted by molar-refractivity contribution is 6.06. The predicted molar refractivity (Wildman–Crippen MR) is 60.6 cm³/mol. The summed E-state index contributed by atoms with van der Waals surface area (Å²) in [6.45, 7) is 0. The van der Waals surface area contributed by atoms with Gasteiger partial charge >= 0.3 is 0 Å². The zero-order valence-corrected chi connectivity index (χ0v) is 8.23. The van der Waals surface area contributed by atoms with Gasteiger partial charge in [0, 0.05) is 12.0 Å². The van der Waals surface area contributed by atoms with Gasteiger partial charge in [-0.3, -0.25) is 4.79 Å². The SMILES string of the molecule is O=C1CC=C2C=CC=C2c2ccccc21. The van der Waals surface area contributed by atoms with Crippen molar-refractivity contribution in [3.05, 3.63) is 65.3 Å². The zero-order chi connectivity index (χ0) is 10.3. The maximum absolute atomic E-state index is 11.8. The molecule has 3 rings (SSSR count). The number of allylic oxidation sites excluding steroid dienone is 6. The van der Waals surface area contributed by atoms with Gasteiger partial charge in [0.2, 0.25) is 0 Å². The normalized spacial score (nSPS) is 17.7. The summed E-state index contributed by atoms with van der Waals surface area (Å²) >= 11 is 0. The van der Waals surface area contributed by atoms with E-state index in [1.165, 1.54) is 11.1 Å². The third-order valence-corrected chi connectivity index (χ3v) is 2.87. The van der Waals surface area contributed by atoms with E-state index in [9.17, 15) is 4.79 Å². The van der Waals surface area contributed by atoms with E-state index in [4.69, 9.17) is 0 Å². The number of hydrogen-bond acceptors (Lipinski definition) is 1. The summed E-state index contributed by atoms with van der Waals surface area (Å²) in [4.78, 5) is 11.8. The van der Waals surface area contributed by atoms with E-state index in [-0.39, 0.29) is 5.78 Å². The van der Waals surface area contributed by atoms with Gasteiger partial charge in [0.25, 0.3) is 0 Å². The number of hydrogen-bond donors (Lipinski definition) is 0. The van der Waals surface area contributed by atoms with Crippen molar-refractivity contribution < 1.29 is 4.79 Å². The van der Waals surface area contributed by atoms with Crippen molar-refractivity contribution in [1.82, 2.24) is 0 Å². The molecule has 0 saturated carbocycles. The van der Waals surface area contributed by atoms with Gasteiger partial charge < -0.3 is 0 Å². The van der Waals surface area contributed by atoms with E-state index in [1.807, 2.05) is 36.4 Å². The monoisotopic (exact) mass is 194 g/mol. The minimum absolute atomic E-state index is 0.210. The van der Waals surface area contributed by atoms with Crippen LogP contribution in [0.1, 0.15) is 22.3 Å². The molecule has 1 heteroatoms. The van der Waals surface area contributed by atoms with Crippen LogP contribution in [0.15, 0.2) is 54.1 Å². The summed E-state index contributed by atoms with van der Waals surface area (Å²) < 4.78 is 0. The number of fused-ring (bicyclic) bond motifs is 3. The Morgan fingerprint density at radius 3 is 2.73 bits per heavy atom. The summed E-state index contributed by atoms with van der Waals surface area (Å²) in [5.74, 6) is 0.210. The third kappa shape index (κ3) is 1.20. The molecule has 0 radical (unpaired) electrons. The molecule has 0 spiro atoms. The van der Waals surface area contributed by atoms with Crippen molar-refractivity contribution in [1.29, 1.82) is 0 Å². The molecule has 0 aliphatic heterocycles. The molecular formula is C14H10O. The van der Waals surface area contributed by atoms with Crippen LogP contribution in [0.5, 0.6) is 0 Å². The van der Waals surface area contributed by atoms with E-state index in [1.54, 1.807) is 0 Å². The van der Waals surface area contributed by atoms with Gasteiger partial charge in [-0.25, -0.2) is 0 Å². The smallest absolute Gasteiger partial charge is 0.167 e. The number of Topliss-reactive ketones (excluding diaryl/α,β-unsaturated/α-hetero) is 1. The molecule has 72 valence electrons. The highest BCUT2D eigenvalue weighted by Gasteiger charge is 2.19. The Labute approximate surface area is 88.4 Å². The Hall–Kier alpha value is -1.89. The Kier molecular flexibility index (Phi) is 1.72. The lowest BCUT2D eigenvalue weighted by Crippen LogP contribution is -1.99. The molecule has 1 aromatic carbocycles. The second-order valence-corrected chi connectivity index (χ2v) is 3.77. The quantitative estimate of drug-likeness (QED) is 0.620. The fourth-order valence-electron chi connectivity index (χ4n) is 2.13. The predicted octanol–water partition coefficient (Wildman–Crippen LogP) is 3.15. The van der Waals surface area contributed by atoms with Crippen LogP contribution in [0.3, 0.4) is 0 Å². The summed E-state index contributed by atoms with van der Waals surface area (Å²) in [6.07, 6.45) is 8.69. The molecule has 2 aliphatic rings. The highest BCUT2D eigenvalue weighted by Crippen LogP contribution is 2.34. The van der Waals surface area contributed by atoms with Crippen LogP contribution in [-0.2, 0) is 0 Å². The van der Waals surface area contributed by atoms with Gasteiger partial charge in [-0.05, 0) is 16.7 Å². The average molecular weight is 194 g/mol. The summed E-state index contributed by atoms with van der Waals surface area (Å²) in [6, 6.07) is 7.83. The number of ketones is 1. The highest BCUT2D eigenvalue weighted by atomic mass is 16.1. The fraction of sp³-hybridized carbons (Fsp3) is 0.0714. The van der Waals surface area contributed by atoms with Crippen molar-refractivity contribution in [3.63, 3.8) is 0 Å². The van der Waals surface area contributed by atoms with Crippen LogP contribution < -0.4 is 0 Å². The fourth-order valence-corrected chi connectivity index (χ4v) is 2.13. The standard InChI is InChI=1S/C14H10O/c15-14-9-8-10-4-3-7-11(10)12-5-1-2-6-13(12)14/h1-8H,9H2. The van der Waals surface area contributed by atoms with Crippen LogP contribution >= 0.6 is 0 Å². The van der Waals surface area contributed by atoms with Crippen molar-refractivity contribution >= 4 is 11.4 Å². The first-order valence-corrected chi connectivity index (χ1v) is 5.08. The van der Waals surface area contributed by atoms with Crippen molar-refractivity contribution in [2.45, 2.75) is 6.42 Å². The lowest BCUT2D eigenvalue weighted by atomic mass is 9.97. The summed E-state index contributed by atoms with van der Waals surface area (Å²) in [7, 11) is 0. The maximum Gasteiger partial charge on any atom is 0.167 e. The van der Waals surface area contributed by atoms with Gasteiger partial charge in [0.05, 0.1) is 0 Å². The van der Waals surface area contributed by atoms with Crippen LogP contribution in [0.2, 0.25) is 0 Å². The molecule has 15 heavy (non-hydrogen) atoms. The Morgan fingerprint density at radius 1 is 1.07 bits per heavy atom. The second-order valence-electron chi connectivity index (χ2n) is 3.77. The lowest BCUT2D eigenvalue weighted by Gasteiger charge is -2.06. The van der Waals surface area contributed by atoms with Crippen LogP contribution in [0, 0.1) is 0 Å². The summed E-state index contributed by atoms with van der Waals surface area (Å²) in [5, 5.41) is 0. The molecule has 0 saturated heterocycles. The minimum atomic E-state index is 0.210. The molecule has 0 atom stereocenters. The van der Waals surface area contributed by atoms with E-state index < -0.39 is 0 Å². The van der Waals surface area contributed by atoms with Crippen LogP contribution in [-0.4, -0.2) is 5.78 Å². The van der Waals surface area contributed by atoms with Crippen molar-refractivity contribution in [2.75, 3.05) is 0 Å². The minimum Gasteiger partial charge on any atom is -0.294 e. The van der Waals surface area contributed by atoms with Crippen LogP contribution in [0.25, 0.3) is 5.57 Å². The number of rotatable bonds is 0. The van der Waals surface area contributed by atoms with Gasteiger partial charge in [-0.1, -0.05) is 48.6 Å². The topological polar surface area (TPSA) is 17.1 Å². The van der Waals surface area contributed by atoms with Crippen molar-refractivity contribution in [3.8, 4) is 0 Å². The second kappa shape index (κ2) is 3.06. The first kappa shape index (κ1) is 8.42. The van der Waals surface area contributed by atoms with E-state index in [0.29, 0.717) is 6.42 Å². The molecule has 0 amide bonds. The molecule has 0 aromatic heterocycles. The Balaban J connectivity index is 2.28. The Morgan fingerprint density at radius 2 is 1.87 bits per heavy atom. The number of carbonyl (C=O) groups is 1. The molecule has 1 nitrogen and oxygen atoms in total. The molecule has 2 aliphatic carbocycles. The molecular weight excluding hydrogens is 184 g/mol. The Bertz CT molecular complexity index is 530.